The molecule has 0 aliphatic carbocycles. The average molecular weight is 346 g/mol. The number of benzene rings is 1. The number of aromatic nitrogens is 2. The number of hydrogen-bond acceptors (Lipinski definition) is 5. The number of carbonyl (C=O) groups is 2. The summed E-state index contributed by atoms with van der Waals surface area (Å²) in [5.41, 5.74) is 0.675. The first-order valence-electron chi connectivity index (χ1n) is 8.25. The lowest BCUT2D eigenvalue weighted by molar-refractivity contribution is -0.131. The highest BCUT2D eigenvalue weighted by Crippen LogP contribution is 2.17. The minimum Gasteiger partial charge on any atom is -0.354 e. The Balaban J connectivity index is 1.48. The molecule has 2 amide bonds. The normalized spacial score (nSPS) is 14.9. The van der Waals surface area contributed by atoms with Crippen molar-refractivity contribution >= 4 is 11.8 Å². The SMILES string of the molecule is O=C1CCN(C(=O)CCCc2nc(-c3ccc(F)cc3)no2)CCN1. The van der Waals surface area contributed by atoms with Gasteiger partial charge in [0.15, 0.2) is 0 Å². The van der Waals surface area contributed by atoms with Crippen LogP contribution in [0.15, 0.2) is 28.8 Å². The van der Waals surface area contributed by atoms with Gasteiger partial charge in [0.2, 0.25) is 23.5 Å². The Kier molecular flexibility index (Phi) is 5.37. The monoisotopic (exact) mass is 346 g/mol. The second kappa shape index (κ2) is 7.87. The van der Waals surface area contributed by atoms with Crippen LogP contribution >= 0.6 is 0 Å². The number of amides is 2. The molecule has 1 N–H and O–H groups in total. The fraction of sp³-hybridized carbons (Fsp3) is 0.412. The topological polar surface area (TPSA) is 88.3 Å². The van der Waals surface area contributed by atoms with E-state index in [1.807, 2.05) is 0 Å². The molecule has 1 fully saturated rings. The molecule has 2 heterocycles. The summed E-state index contributed by atoms with van der Waals surface area (Å²) >= 11 is 0. The van der Waals surface area contributed by atoms with Gasteiger partial charge in [0, 0.05) is 44.5 Å². The summed E-state index contributed by atoms with van der Waals surface area (Å²) in [6.45, 7) is 1.50. The van der Waals surface area contributed by atoms with Gasteiger partial charge in [-0.05, 0) is 30.7 Å². The van der Waals surface area contributed by atoms with E-state index < -0.39 is 0 Å². The molecule has 1 saturated heterocycles. The van der Waals surface area contributed by atoms with Gasteiger partial charge in [-0.15, -0.1) is 0 Å². The van der Waals surface area contributed by atoms with E-state index in [-0.39, 0.29) is 17.6 Å². The van der Waals surface area contributed by atoms with Crippen LogP contribution in [-0.2, 0) is 16.0 Å². The highest BCUT2D eigenvalue weighted by atomic mass is 19.1. The summed E-state index contributed by atoms with van der Waals surface area (Å²) in [5, 5.41) is 6.62. The molecule has 132 valence electrons. The molecule has 0 unspecified atom stereocenters. The predicted octanol–water partition coefficient (Wildman–Crippen LogP) is 1.55. The lowest BCUT2D eigenvalue weighted by atomic mass is 10.2. The average Bonchev–Trinajstić information content (AvgIpc) is 2.96. The third-order valence-corrected chi connectivity index (χ3v) is 4.02. The molecule has 3 rings (SSSR count). The van der Waals surface area contributed by atoms with Gasteiger partial charge in [0.25, 0.3) is 0 Å². The summed E-state index contributed by atoms with van der Waals surface area (Å²) < 4.78 is 18.1. The Hall–Kier alpha value is -2.77. The van der Waals surface area contributed by atoms with Crippen molar-refractivity contribution in [2.75, 3.05) is 19.6 Å². The number of hydrogen-bond donors (Lipinski definition) is 1. The lowest BCUT2D eigenvalue weighted by Crippen LogP contribution is -2.34. The van der Waals surface area contributed by atoms with Crippen LogP contribution in [0.2, 0.25) is 0 Å². The molecular weight excluding hydrogens is 327 g/mol. The molecule has 8 heteroatoms. The summed E-state index contributed by atoms with van der Waals surface area (Å²) in [6.07, 6.45) is 1.78. The molecule has 1 aromatic heterocycles. The second-order valence-electron chi connectivity index (χ2n) is 5.85. The van der Waals surface area contributed by atoms with Crippen molar-refractivity contribution in [3.05, 3.63) is 36.0 Å². The molecule has 0 bridgehead atoms. The number of nitrogens with one attached hydrogen (secondary N) is 1. The van der Waals surface area contributed by atoms with Crippen LogP contribution < -0.4 is 5.32 Å². The maximum absolute atomic E-state index is 12.9. The van der Waals surface area contributed by atoms with Crippen LogP contribution in [0.4, 0.5) is 4.39 Å². The molecule has 0 spiro atoms. The van der Waals surface area contributed by atoms with Crippen molar-refractivity contribution in [3.8, 4) is 11.4 Å². The quantitative estimate of drug-likeness (QED) is 0.887. The minimum atomic E-state index is -0.323. The summed E-state index contributed by atoms with van der Waals surface area (Å²) in [5.74, 6) is 0.527. The van der Waals surface area contributed by atoms with Gasteiger partial charge in [-0.25, -0.2) is 4.39 Å². The number of halogens is 1. The maximum atomic E-state index is 12.9. The molecule has 25 heavy (non-hydrogen) atoms. The van der Waals surface area contributed by atoms with Gasteiger partial charge < -0.3 is 14.7 Å². The molecule has 1 aliphatic rings. The van der Waals surface area contributed by atoms with Crippen LogP contribution in [0.25, 0.3) is 11.4 Å². The van der Waals surface area contributed by atoms with Crippen LogP contribution in [0.3, 0.4) is 0 Å². The predicted molar refractivity (Wildman–Crippen MR) is 86.8 cm³/mol. The highest BCUT2D eigenvalue weighted by molar-refractivity contribution is 5.80. The Bertz CT molecular complexity index is 745. The van der Waals surface area contributed by atoms with Crippen molar-refractivity contribution in [1.82, 2.24) is 20.4 Å². The van der Waals surface area contributed by atoms with Gasteiger partial charge in [0.1, 0.15) is 5.82 Å². The Morgan fingerprint density at radius 2 is 2.08 bits per heavy atom. The van der Waals surface area contributed by atoms with E-state index >= 15 is 0 Å². The van der Waals surface area contributed by atoms with Crippen LogP contribution in [0.1, 0.15) is 25.2 Å². The van der Waals surface area contributed by atoms with Gasteiger partial charge in [-0.1, -0.05) is 5.16 Å². The van der Waals surface area contributed by atoms with E-state index in [4.69, 9.17) is 4.52 Å². The first-order valence-corrected chi connectivity index (χ1v) is 8.25. The third-order valence-electron chi connectivity index (χ3n) is 4.02. The van der Waals surface area contributed by atoms with Crippen LogP contribution in [0.5, 0.6) is 0 Å². The van der Waals surface area contributed by atoms with Gasteiger partial charge in [0.05, 0.1) is 0 Å². The number of rotatable bonds is 5. The van der Waals surface area contributed by atoms with Crippen molar-refractivity contribution in [3.63, 3.8) is 0 Å². The molecule has 0 saturated carbocycles. The van der Waals surface area contributed by atoms with Crippen LogP contribution in [-0.4, -0.2) is 46.5 Å². The van der Waals surface area contributed by atoms with Crippen LogP contribution in [0, 0.1) is 5.82 Å². The second-order valence-corrected chi connectivity index (χ2v) is 5.85. The lowest BCUT2D eigenvalue weighted by Gasteiger charge is -2.19. The molecule has 2 aromatic rings. The molecular formula is C17H19FN4O3. The fourth-order valence-electron chi connectivity index (χ4n) is 2.64. The zero-order valence-corrected chi connectivity index (χ0v) is 13.7. The molecule has 1 aliphatic heterocycles. The van der Waals surface area contributed by atoms with Gasteiger partial charge >= 0.3 is 0 Å². The zero-order valence-electron chi connectivity index (χ0n) is 13.7. The molecule has 0 atom stereocenters. The number of carbonyl (C=O) groups excluding carboxylic acids is 2. The standard InChI is InChI=1S/C17H19FN4O3/c18-13-6-4-12(5-7-13)17-20-15(25-21-17)2-1-3-16(24)22-10-8-14(23)19-9-11-22/h4-7H,1-3,8-11H2,(H,19,23). The van der Waals surface area contributed by atoms with Gasteiger partial charge in [-0.3, -0.25) is 9.59 Å². The maximum Gasteiger partial charge on any atom is 0.226 e. The molecule has 7 nitrogen and oxygen atoms in total. The molecule has 1 aromatic carbocycles. The van der Waals surface area contributed by atoms with Crippen molar-refractivity contribution in [2.24, 2.45) is 0 Å². The minimum absolute atomic E-state index is 0.0190. The Labute approximate surface area is 144 Å². The fourth-order valence-corrected chi connectivity index (χ4v) is 2.64. The van der Waals surface area contributed by atoms with E-state index in [0.717, 1.165) is 0 Å². The van der Waals surface area contributed by atoms with E-state index in [0.29, 0.717) is 62.6 Å². The number of aryl methyl sites for hydroxylation is 1. The van der Waals surface area contributed by atoms with Crippen molar-refractivity contribution in [2.45, 2.75) is 25.7 Å². The largest absolute Gasteiger partial charge is 0.354 e. The number of nitrogens with zero attached hydrogens (tertiary/aromatic N) is 3. The summed E-state index contributed by atoms with van der Waals surface area (Å²) in [7, 11) is 0. The van der Waals surface area contributed by atoms with E-state index in [9.17, 15) is 14.0 Å². The molecule has 0 radical (unpaired) electrons. The highest BCUT2D eigenvalue weighted by Gasteiger charge is 2.18. The summed E-state index contributed by atoms with van der Waals surface area (Å²) in [4.78, 5) is 29.5. The third kappa shape index (κ3) is 4.62. The zero-order chi connectivity index (χ0) is 17.6. The van der Waals surface area contributed by atoms with Crippen molar-refractivity contribution < 1.29 is 18.5 Å². The van der Waals surface area contributed by atoms with Gasteiger partial charge in [-0.2, -0.15) is 4.98 Å². The Morgan fingerprint density at radius 3 is 2.88 bits per heavy atom. The van der Waals surface area contributed by atoms with E-state index in [2.05, 4.69) is 15.5 Å². The summed E-state index contributed by atoms with van der Waals surface area (Å²) in [6, 6.07) is 5.85. The van der Waals surface area contributed by atoms with E-state index in [1.165, 1.54) is 12.1 Å². The first-order chi connectivity index (χ1) is 12.1. The Morgan fingerprint density at radius 1 is 1.28 bits per heavy atom. The van der Waals surface area contributed by atoms with Crippen molar-refractivity contribution in [1.29, 1.82) is 0 Å². The van der Waals surface area contributed by atoms with E-state index in [1.54, 1.807) is 17.0 Å². The smallest absolute Gasteiger partial charge is 0.226 e. The first kappa shape index (κ1) is 17.1.